The number of benzene rings is 14. The summed E-state index contributed by atoms with van der Waals surface area (Å²) in [5.74, 6) is 4.73. The Bertz CT molecular complexity index is 5840. The number of rotatable bonds is 22. The zero-order chi connectivity index (χ0) is 101. The van der Waals surface area contributed by atoms with Crippen LogP contribution in [0.2, 0.25) is 0 Å². The van der Waals surface area contributed by atoms with Crippen molar-refractivity contribution >= 4 is 0 Å². The van der Waals surface area contributed by atoms with Gasteiger partial charge in [0.1, 0.15) is 69.0 Å². The molecule has 15 nitrogen and oxygen atoms in total. The summed E-state index contributed by atoms with van der Waals surface area (Å²) in [6, 6.07) is 91.3. The van der Waals surface area contributed by atoms with Crippen molar-refractivity contribution in [1.82, 2.24) is 0 Å². The van der Waals surface area contributed by atoms with Crippen molar-refractivity contribution in [3.8, 4) is 86.2 Å². The van der Waals surface area contributed by atoms with E-state index in [1.165, 1.54) is 39.4 Å². The van der Waals surface area contributed by atoms with Gasteiger partial charge in [-0.25, -0.2) is 0 Å². The summed E-state index contributed by atoms with van der Waals surface area (Å²) in [5, 5.41) is 144. The van der Waals surface area contributed by atoms with Gasteiger partial charge in [0.25, 0.3) is 0 Å². The van der Waals surface area contributed by atoms with Crippen molar-refractivity contribution in [3.05, 3.63) is 409 Å². The molecule has 0 aliphatic carbocycles. The minimum atomic E-state index is -0.464. The van der Waals surface area contributed by atoms with Crippen LogP contribution in [0.4, 0.5) is 0 Å². The number of aryl methyl sites for hydroxylation is 2. The molecule has 0 saturated carbocycles. The molecule has 14 aromatic carbocycles. The van der Waals surface area contributed by atoms with Crippen LogP contribution < -0.4 is 0 Å². The van der Waals surface area contributed by atoms with Gasteiger partial charge in [-0.15, -0.1) is 0 Å². The molecule has 0 spiro atoms. The van der Waals surface area contributed by atoms with E-state index >= 15 is 0 Å². The van der Waals surface area contributed by atoms with Crippen LogP contribution in [-0.2, 0) is 33.5 Å². The standard InChI is InChI=1S/C23H32O2.C21H28O2.C18H22O2.C17H20O2.C15H16O2.C14H14O2.C13H12O3/c1-7-15(3)19-13-17(9-11-21(19)24)23(5,6)18-10-12-22(25)20(14-18)16(4)8-2;1-13(2)17-11-15(7-9-19(17)22)21(5,6)16-8-10-20(23)18(12-16)14(3)4;1-13(2)12-18(3,14-4-8-16(19)9-5-14)15-6-10-17(20)11-7-15;1-11-9-13(5-7-15(11)18)17(3,4)14-6-8-16(19)12(2)10-14;1-15(2,11-3-7-13(16)8-4-11)12-5-9-14(17)10-6-12;1-10(11-2-6-13(15)7-3-11)12-4-8-14(16)9-5-12;14-11-7-6-10(12(15)13(11)16)8-9-4-2-1-3-5-9/h9-16,24-25H,7-8H2,1-6H3;7-14,22-23H,1-6H3;4-11,13,19-20H,12H2,1-3H3;5-10,18-19H,1-4H3;3-10,16-17H,1-2H3;2-10,15-16H,1H3;1-7,14-16H,8H2. The van der Waals surface area contributed by atoms with E-state index in [1.807, 2.05) is 178 Å². The first kappa shape index (κ1) is 107. The molecule has 0 bridgehead atoms. The van der Waals surface area contributed by atoms with E-state index in [0.717, 1.165) is 91.6 Å². The van der Waals surface area contributed by atoms with E-state index in [4.69, 9.17) is 0 Å². The molecule has 0 amide bonds. The first-order valence-electron chi connectivity index (χ1n) is 46.9. The molecule has 0 aliphatic heterocycles. The Morgan fingerprint density at radius 3 is 0.779 bits per heavy atom. The van der Waals surface area contributed by atoms with Crippen molar-refractivity contribution in [1.29, 1.82) is 0 Å². The predicted molar refractivity (Wildman–Crippen MR) is 555 cm³/mol. The van der Waals surface area contributed by atoms with Gasteiger partial charge in [-0.05, 0) is 284 Å². The highest BCUT2D eigenvalue weighted by Crippen LogP contribution is 2.46. The summed E-state index contributed by atoms with van der Waals surface area (Å²) in [5.41, 5.74) is 20.3. The highest BCUT2D eigenvalue weighted by atomic mass is 16.3. The van der Waals surface area contributed by atoms with Crippen LogP contribution in [0.15, 0.2) is 297 Å². The van der Waals surface area contributed by atoms with Gasteiger partial charge in [-0.1, -0.05) is 320 Å². The van der Waals surface area contributed by atoms with Gasteiger partial charge < -0.3 is 76.6 Å². The monoisotopic (exact) mass is 1840 g/mol. The highest BCUT2D eigenvalue weighted by molar-refractivity contribution is 5.56. The third-order valence-electron chi connectivity index (χ3n) is 26.6. The normalized spacial score (nSPS) is 11.9. The molecule has 2 atom stereocenters. The Morgan fingerprint density at radius 2 is 0.493 bits per heavy atom. The SMILES string of the molecule is CC(C)(c1ccc(O)cc1)c1ccc(O)cc1.CC(C)CC(C)(c1ccc(O)cc1)c1ccc(O)cc1.CC(C)c1cc(C(C)(C)c2ccc(O)c(C(C)C)c2)ccc1O.CC(c1ccc(O)cc1)c1ccc(O)cc1.CCC(C)c1cc(C(C)(C)c2ccc(O)c(C(C)CC)c2)ccc1O.Cc1cc(C(C)(C)c2ccc(O)c(C)c2)ccc1O.Oc1ccc(Cc2ccccc2)c(O)c1O. The molecule has 0 heterocycles. The summed E-state index contributed by atoms with van der Waals surface area (Å²) in [6.45, 7) is 46.7. The second-order valence-corrected chi connectivity index (χ2v) is 39.2. The fourth-order valence-electron chi connectivity index (χ4n) is 16.6. The molecule has 0 aromatic heterocycles. The Balaban J connectivity index is 0.000000196. The third kappa shape index (κ3) is 28.1. The molecule has 0 fully saturated rings. The molecular formula is C121H144O15. The highest BCUT2D eigenvalue weighted by Gasteiger charge is 2.33. The van der Waals surface area contributed by atoms with E-state index in [2.05, 4.69) is 163 Å². The van der Waals surface area contributed by atoms with Crippen molar-refractivity contribution in [2.24, 2.45) is 5.92 Å². The number of hydrogen-bond donors (Lipinski definition) is 15. The minimum absolute atomic E-state index is 0.129. The van der Waals surface area contributed by atoms with Gasteiger partial charge in [0, 0.05) is 45.0 Å². The quantitative estimate of drug-likeness (QED) is 0.0281. The van der Waals surface area contributed by atoms with Crippen molar-refractivity contribution in [3.63, 3.8) is 0 Å². The lowest BCUT2D eigenvalue weighted by atomic mass is 9.71. The predicted octanol–water partition coefficient (Wildman–Crippen LogP) is 29.7. The molecule has 14 aromatic rings. The lowest BCUT2D eigenvalue weighted by Crippen LogP contribution is -2.25. The van der Waals surface area contributed by atoms with E-state index in [9.17, 15) is 76.6 Å². The summed E-state index contributed by atoms with van der Waals surface area (Å²) in [7, 11) is 0. The largest absolute Gasteiger partial charge is 0.508 e. The number of phenolic OH excluding ortho intramolecular Hbond substituents is 15. The molecule has 136 heavy (non-hydrogen) atoms. The number of phenols is 15. The van der Waals surface area contributed by atoms with Crippen molar-refractivity contribution < 1.29 is 76.6 Å². The van der Waals surface area contributed by atoms with Gasteiger partial charge in [0.05, 0.1) is 0 Å². The van der Waals surface area contributed by atoms with Crippen LogP contribution in [0.5, 0.6) is 86.2 Å². The summed E-state index contributed by atoms with van der Waals surface area (Å²) in [6.07, 6.45) is 3.51. The van der Waals surface area contributed by atoms with Crippen LogP contribution in [0, 0.1) is 19.8 Å². The first-order chi connectivity index (χ1) is 63.9. The van der Waals surface area contributed by atoms with Crippen molar-refractivity contribution in [2.75, 3.05) is 0 Å². The zero-order valence-electron chi connectivity index (χ0n) is 83.3. The smallest absolute Gasteiger partial charge is 0.200 e. The first-order valence-corrected chi connectivity index (χ1v) is 46.9. The lowest BCUT2D eigenvalue weighted by molar-refractivity contribution is 0.365. The van der Waals surface area contributed by atoms with Gasteiger partial charge in [-0.3, -0.25) is 0 Å². The van der Waals surface area contributed by atoms with Crippen LogP contribution in [0.3, 0.4) is 0 Å². The van der Waals surface area contributed by atoms with Gasteiger partial charge in [0.15, 0.2) is 11.5 Å². The Hall–Kier alpha value is -13.9. The van der Waals surface area contributed by atoms with Crippen LogP contribution in [0.25, 0.3) is 0 Å². The van der Waals surface area contributed by atoms with Crippen LogP contribution in [0.1, 0.15) is 299 Å². The van der Waals surface area contributed by atoms with E-state index in [0.29, 0.717) is 64.2 Å². The van der Waals surface area contributed by atoms with E-state index < -0.39 is 5.75 Å². The average Bonchev–Trinajstić information content (AvgIpc) is 0.782. The van der Waals surface area contributed by atoms with Gasteiger partial charge in [0.2, 0.25) is 5.75 Å². The molecule has 0 aliphatic rings. The third-order valence-corrected chi connectivity index (χ3v) is 26.6. The molecule has 14 rings (SSSR count). The maximum atomic E-state index is 10.2. The summed E-state index contributed by atoms with van der Waals surface area (Å²) >= 11 is 0. The maximum absolute atomic E-state index is 10.2. The Kier molecular flexibility index (Phi) is 37.4. The van der Waals surface area contributed by atoms with E-state index in [1.54, 1.807) is 103 Å². The molecular weight excluding hydrogens is 1690 g/mol. The topological polar surface area (TPSA) is 303 Å². The van der Waals surface area contributed by atoms with Crippen LogP contribution >= 0.6 is 0 Å². The average molecular weight is 1840 g/mol. The second kappa shape index (κ2) is 47.3. The lowest BCUT2D eigenvalue weighted by Gasteiger charge is -2.33. The van der Waals surface area contributed by atoms with Gasteiger partial charge >= 0.3 is 0 Å². The van der Waals surface area contributed by atoms with E-state index in [-0.39, 0.29) is 90.8 Å². The molecule has 0 saturated heterocycles. The summed E-state index contributed by atoms with van der Waals surface area (Å²) in [4.78, 5) is 0. The zero-order valence-corrected chi connectivity index (χ0v) is 83.3. The Morgan fingerprint density at radius 1 is 0.243 bits per heavy atom. The summed E-state index contributed by atoms with van der Waals surface area (Å²) < 4.78 is 0. The van der Waals surface area contributed by atoms with Crippen LogP contribution in [-0.4, -0.2) is 76.6 Å². The van der Waals surface area contributed by atoms with Gasteiger partial charge in [-0.2, -0.15) is 0 Å². The fourth-order valence-corrected chi connectivity index (χ4v) is 16.6. The second-order valence-electron chi connectivity index (χ2n) is 39.2. The molecule has 2 unspecified atom stereocenters. The van der Waals surface area contributed by atoms with Crippen molar-refractivity contribution in [2.45, 2.75) is 235 Å². The molecule has 718 valence electrons. The number of hydrogen-bond acceptors (Lipinski definition) is 15. The maximum Gasteiger partial charge on any atom is 0.200 e. The fraction of sp³-hybridized carbons (Fsp3) is 0.306. The molecule has 15 heteroatoms. The minimum Gasteiger partial charge on any atom is -0.508 e. The number of aromatic hydroxyl groups is 15. The molecule has 15 N–H and O–H groups in total. The Labute approximate surface area is 807 Å². The molecule has 0 radical (unpaired) electrons.